The average molecular weight is 907 g/mol. The standard InChI is InChI=1S/C59H102O6/c1-4-7-10-13-16-18-20-22-24-26-28-29-31-32-34-36-38-40-43-46-49-52-58(61)64-55-56(54-63-57(60)51-48-45-42-15-12-9-6-3)65-59(62)53-50-47-44-41-39-37-35-33-30-27-25-23-21-19-17-14-11-8-5-2/h8,11,17,19,23,25-26,28,30,33,37,39,56H,4-7,9-10,12-16,18,20-22,24,27,29,31-32,34-36,38,40-55H2,1-3H3/b11-8-,19-17-,25-23-,28-26-,33-30-,39-37-. The number of esters is 3. The van der Waals surface area contributed by atoms with Crippen molar-refractivity contribution in [2.24, 2.45) is 0 Å². The third-order valence-electron chi connectivity index (χ3n) is 11.7. The minimum Gasteiger partial charge on any atom is -0.462 e. The maximum Gasteiger partial charge on any atom is 0.306 e. The zero-order chi connectivity index (χ0) is 47.2. The number of hydrogen-bond donors (Lipinski definition) is 0. The Kier molecular flexibility index (Phi) is 50.9. The predicted molar refractivity (Wildman–Crippen MR) is 279 cm³/mol. The van der Waals surface area contributed by atoms with E-state index in [2.05, 4.69) is 93.7 Å². The molecule has 0 bridgehead atoms. The van der Waals surface area contributed by atoms with E-state index in [1.807, 2.05) is 0 Å². The molecule has 0 spiro atoms. The van der Waals surface area contributed by atoms with Gasteiger partial charge in [0, 0.05) is 19.3 Å². The Morgan fingerprint density at radius 1 is 0.323 bits per heavy atom. The molecule has 0 aliphatic carbocycles. The summed E-state index contributed by atoms with van der Waals surface area (Å²) in [7, 11) is 0. The molecular formula is C59H102O6. The van der Waals surface area contributed by atoms with Gasteiger partial charge in [-0.25, -0.2) is 0 Å². The molecule has 0 amide bonds. The highest BCUT2D eigenvalue weighted by Gasteiger charge is 2.19. The molecule has 0 aliphatic heterocycles. The molecule has 0 aliphatic rings. The maximum atomic E-state index is 12.8. The van der Waals surface area contributed by atoms with Gasteiger partial charge in [0.2, 0.25) is 0 Å². The first kappa shape index (κ1) is 61.9. The van der Waals surface area contributed by atoms with Crippen LogP contribution in [-0.4, -0.2) is 37.2 Å². The Bertz CT molecular complexity index is 1230. The van der Waals surface area contributed by atoms with Gasteiger partial charge in [0.15, 0.2) is 6.10 Å². The van der Waals surface area contributed by atoms with Crippen molar-refractivity contribution >= 4 is 17.9 Å². The van der Waals surface area contributed by atoms with Crippen LogP contribution in [0.15, 0.2) is 72.9 Å². The summed E-state index contributed by atoms with van der Waals surface area (Å²) in [5.74, 6) is -0.926. The fourth-order valence-electron chi connectivity index (χ4n) is 7.58. The van der Waals surface area contributed by atoms with E-state index in [1.54, 1.807) is 0 Å². The topological polar surface area (TPSA) is 78.9 Å². The molecule has 0 aromatic carbocycles. The number of allylic oxidation sites excluding steroid dienone is 12. The molecule has 0 rings (SSSR count). The summed E-state index contributed by atoms with van der Waals surface area (Å²) >= 11 is 0. The molecule has 374 valence electrons. The minimum atomic E-state index is -0.790. The Labute approximate surface area is 402 Å². The molecule has 0 saturated heterocycles. The van der Waals surface area contributed by atoms with Crippen LogP contribution in [0.4, 0.5) is 0 Å². The summed E-state index contributed by atoms with van der Waals surface area (Å²) in [6.45, 7) is 6.46. The van der Waals surface area contributed by atoms with Crippen molar-refractivity contribution < 1.29 is 28.6 Å². The van der Waals surface area contributed by atoms with E-state index in [0.29, 0.717) is 19.3 Å². The van der Waals surface area contributed by atoms with Crippen molar-refractivity contribution in [2.45, 2.75) is 271 Å². The Morgan fingerprint density at radius 2 is 0.600 bits per heavy atom. The first-order valence-electron chi connectivity index (χ1n) is 27.4. The fraction of sp³-hybridized carbons (Fsp3) is 0.746. The van der Waals surface area contributed by atoms with Crippen LogP contribution in [0.1, 0.15) is 265 Å². The second-order valence-electron chi connectivity index (χ2n) is 18.1. The molecule has 0 saturated carbocycles. The van der Waals surface area contributed by atoms with E-state index >= 15 is 0 Å². The molecule has 65 heavy (non-hydrogen) atoms. The van der Waals surface area contributed by atoms with Crippen LogP contribution < -0.4 is 0 Å². The van der Waals surface area contributed by atoms with Crippen LogP contribution in [0.3, 0.4) is 0 Å². The van der Waals surface area contributed by atoms with E-state index in [1.165, 1.54) is 128 Å². The molecule has 1 unspecified atom stereocenters. The molecule has 1 atom stereocenters. The zero-order valence-electron chi connectivity index (χ0n) is 42.7. The molecular weight excluding hydrogens is 805 g/mol. The van der Waals surface area contributed by atoms with Gasteiger partial charge in [0.25, 0.3) is 0 Å². The summed E-state index contributed by atoms with van der Waals surface area (Å²) in [6.07, 6.45) is 67.7. The molecule has 0 N–H and O–H groups in total. The molecule has 0 aromatic heterocycles. The minimum absolute atomic E-state index is 0.0888. The van der Waals surface area contributed by atoms with Crippen LogP contribution >= 0.6 is 0 Å². The highest BCUT2D eigenvalue weighted by atomic mass is 16.6. The van der Waals surface area contributed by atoms with Gasteiger partial charge in [-0.2, -0.15) is 0 Å². The van der Waals surface area contributed by atoms with Crippen LogP contribution in [-0.2, 0) is 28.6 Å². The van der Waals surface area contributed by atoms with Crippen LogP contribution in [0, 0.1) is 0 Å². The number of ether oxygens (including phenoxy) is 3. The van der Waals surface area contributed by atoms with Gasteiger partial charge in [-0.3, -0.25) is 14.4 Å². The summed E-state index contributed by atoms with van der Waals surface area (Å²) in [5, 5.41) is 0. The monoisotopic (exact) mass is 907 g/mol. The van der Waals surface area contributed by atoms with Crippen LogP contribution in [0.25, 0.3) is 0 Å². The van der Waals surface area contributed by atoms with Crippen molar-refractivity contribution in [3.63, 3.8) is 0 Å². The van der Waals surface area contributed by atoms with E-state index in [4.69, 9.17) is 14.2 Å². The molecule has 6 nitrogen and oxygen atoms in total. The van der Waals surface area contributed by atoms with Crippen molar-refractivity contribution in [1.29, 1.82) is 0 Å². The van der Waals surface area contributed by atoms with Crippen LogP contribution in [0.5, 0.6) is 0 Å². The van der Waals surface area contributed by atoms with E-state index in [-0.39, 0.29) is 31.1 Å². The van der Waals surface area contributed by atoms with Crippen molar-refractivity contribution in [3.05, 3.63) is 72.9 Å². The quantitative estimate of drug-likeness (QED) is 0.0262. The normalized spacial score (nSPS) is 12.6. The lowest BCUT2D eigenvalue weighted by Crippen LogP contribution is -2.30. The lowest BCUT2D eigenvalue weighted by atomic mass is 10.1. The van der Waals surface area contributed by atoms with Gasteiger partial charge in [-0.15, -0.1) is 0 Å². The van der Waals surface area contributed by atoms with Crippen molar-refractivity contribution in [3.8, 4) is 0 Å². The highest BCUT2D eigenvalue weighted by molar-refractivity contribution is 5.71. The number of carbonyl (C=O) groups is 3. The first-order chi connectivity index (χ1) is 32.0. The molecule has 6 heteroatoms. The summed E-state index contributed by atoms with van der Waals surface area (Å²) < 4.78 is 16.7. The van der Waals surface area contributed by atoms with Crippen molar-refractivity contribution in [2.75, 3.05) is 13.2 Å². The second kappa shape index (κ2) is 53.5. The Balaban J connectivity index is 4.27. The smallest absolute Gasteiger partial charge is 0.306 e. The Morgan fingerprint density at radius 3 is 0.969 bits per heavy atom. The first-order valence-corrected chi connectivity index (χ1v) is 27.4. The average Bonchev–Trinajstić information content (AvgIpc) is 3.30. The van der Waals surface area contributed by atoms with Gasteiger partial charge >= 0.3 is 17.9 Å². The summed E-state index contributed by atoms with van der Waals surface area (Å²) in [4.78, 5) is 37.9. The fourth-order valence-corrected chi connectivity index (χ4v) is 7.58. The zero-order valence-corrected chi connectivity index (χ0v) is 42.7. The molecule has 0 fully saturated rings. The Hall–Kier alpha value is -3.15. The number of rotatable bonds is 49. The second-order valence-corrected chi connectivity index (χ2v) is 18.1. The molecule has 0 heterocycles. The van der Waals surface area contributed by atoms with Gasteiger partial charge < -0.3 is 14.2 Å². The summed E-state index contributed by atoms with van der Waals surface area (Å²) in [5.41, 5.74) is 0. The largest absolute Gasteiger partial charge is 0.462 e. The number of hydrogen-bond acceptors (Lipinski definition) is 6. The van der Waals surface area contributed by atoms with E-state index in [0.717, 1.165) is 96.3 Å². The predicted octanol–water partition coefficient (Wildman–Crippen LogP) is 18.2. The molecule has 0 radical (unpaired) electrons. The third-order valence-corrected chi connectivity index (χ3v) is 11.7. The number of unbranched alkanes of at least 4 members (excludes halogenated alkanes) is 26. The van der Waals surface area contributed by atoms with E-state index in [9.17, 15) is 14.4 Å². The van der Waals surface area contributed by atoms with Gasteiger partial charge in [0.1, 0.15) is 13.2 Å². The van der Waals surface area contributed by atoms with Crippen molar-refractivity contribution in [1.82, 2.24) is 0 Å². The third kappa shape index (κ3) is 51.7. The van der Waals surface area contributed by atoms with Gasteiger partial charge in [-0.05, 0) is 89.9 Å². The molecule has 0 aromatic rings. The van der Waals surface area contributed by atoms with E-state index < -0.39 is 6.10 Å². The highest BCUT2D eigenvalue weighted by Crippen LogP contribution is 2.15. The lowest BCUT2D eigenvalue weighted by Gasteiger charge is -2.18. The lowest BCUT2D eigenvalue weighted by molar-refractivity contribution is -0.167. The van der Waals surface area contributed by atoms with Gasteiger partial charge in [-0.1, -0.05) is 229 Å². The SMILES string of the molecule is CC/C=C\C/C=C\C/C=C\C/C=C\C/C=C\CCCCCC(=O)OC(COC(=O)CCCCCCCCC)COC(=O)CCCCCCCCCCC/C=C\CCCCCCCCCC. The van der Waals surface area contributed by atoms with Crippen LogP contribution in [0.2, 0.25) is 0 Å². The maximum absolute atomic E-state index is 12.8. The number of carbonyl (C=O) groups excluding carboxylic acids is 3. The summed E-state index contributed by atoms with van der Waals surface area (Å²) in [6, 6.07) is 0. The van der Waals surface area contributed by atoms with Gasteiger partial charge in [0.05, 0.1) is 0 Å².